The number of alkyl halides is 3. The molecule has 3 heterocycles. The van der Waals surface area contributed by atoms with Crippen molar-refractivity contribution in [2.24, 2.45) is 12.5 Å². The molecule has 0 radical (unpaired) electrons. The van der Waals surface area contributed by atoms with Crippen LogP contribution in [0, 0.1) is 11.2 Å². The first-order chi connectivity index (χ1) is 15.6. The Labute approximate surface area is 189 Å². The van der Waals surface area contributed by atoms with Crippen LogP contribution in [0.3, 0.4) is 0 Å². The van der Waals surface area contributed by atoms with Crippen molar-refractivity contribution in [2.45, 2.75) is 25.6 Å². The molecule has 0 amide bonds. The molecule has 182 valence electrons. The van der Waals surface area contributed by atoms with Crippen LogP contribution in [0.25, 0.3) is 0 Å². The molecule has 2 saturated heterocycles. The Morgan fingerprint density at radius 2 is 2.03 bits per heavy atom. The van der Waals surface area contributed by atoms with Crippen LogP contribution in [0.1, 0.15) is 18.4 Å². The van der Waals surface area contributed by atoms with Crippen LogP contribution >= 0.6 is 0 Å². The lowest BCUT2D eigenvalue weighted by Crippen LogP contribution is -2.50. The Hall–Kier alpha value is -2.66. The number of halogens is 4. The number of hydrogen-bond acceptors (Lipinski definition) is 5. The summed E-state index contributed by atoms with van der Waals surface area (Å²) in [4.78, 5) is 13.7. The Bertz CT molecular complexity index is 936. The lowest BCUT2D eigenvalue weighted by atomic mass is 9.80. The quantitative estimate of drug-likeness (QED) is 0.692. The van der Waals surface area contributed by atoms with Gasteiger partial charge in [0.1, 0.15) is 5.82 Å². The SMILES string of the molecule is Cn1cc(CN2CCCC3(COCCN(c4cccc(F)c4)C3)C2)cn1.O=C(O)C(F)(F)F. The third kappa shape index (κ3) is 7.16. The Morgan fingerprint density at radius 3 is 2.67 bits per heavy atom. The number of ether oxygens (including phenoxy) is 1. The topological polar surface area (TPSA) is 70.8 Å². The molecule has 1 N–H and O–H groups in total. The number of carboxylic acids is 1. The number of likely N-dealkylation sites (tertiary alicyclic amines) is 1. The van der Waals surface area contributed by atoms with Gasteiger partial charge in [0.2, 0.25) is 0 Å². The lowest BCUT2D eigenvalue weighted by Gasteiger charge is -2.44. The first kappa shape index (κ1) is 25.0. The van der Waals surface area contributed by atoms with Gasteiger partial charge in [0.15, 0.2) is 0 Å². The van der Waals surface area contributed by atoms with Crippen LogP contribution in [0.2, 0.25) is 0 Å². The van der Waals surface area contributed by atoms with E-state index < -0.39 is 12.1 Å². The number of rotatable bonds is 3. The van der Waals surface area contributed by atoms with Gasteiger partial charge in [-0.3, -0.25) is 9.58 Å². The zero-order valence-electron chi connectivity index (χ0n) is 18.4. The summed E-state index contributed by atoms with van der Waals surface area (Å²) in [7, 11) is 1.96. The third-order valence-electron chi connectivity index (χ3n) is 5.76. The minimum Gasteiger partial charge on any atom is -0.475 e. The Balaban J connectivity index is 0.000000383. The van der Waals surface area contributed by atoms with E-state index in [9.17, 15) is 17.6 Å². The maximum absolute atomic E-state index is 13.7. The van der Waals surface area contributed by atoms with Crippen LogP contribution in [-0.2, 0) is 23.1 Å². The number of aryl methyl sites for hydroxylation is 1. The van der Waals surface area contributed by atoms with Crippen molar-refractivity contribution in [3.8, 4) is 0 Å². The molecule has 1 spiro atoms. The molecule has 4 rings (SSSR count). The largest absolute Gasteiger partial charge is 0.490 e. The smallest absolute Gasteiger partial charge is 0.475 e. The number of piperidine rings is 1. The van der Waals surface area contributed by atoms with Gasteiger partial charge >= 0.3 is 12.1 Å². The van der Waals surface area contributed by atoms with Gasteiger partial charge in [0.25, 0.3) is 0 Å². The summed E-state index contributed by atoms with van der Waals surface area (Å²) in [5, 5.41) is 11.4. The van der Waals surface area contributed by atoms with E-state index in [-0.39, 0.29) is 11.2 Å². The molecule has 33 heavy (non-hydrogen) atoms. The van der Waals surface area contributed by atoms with E-state index in [4.69, 9.17) is 14.6 Å². The number of hydrogen-bond donors (Lipinski definition) is 1. The molecule has 1 aromatic carbocycles. The number of anilines is 1. The average molecular weight is 472 g/mol. The zero-order valence-corrected chi connectivity index (χ0v) is 18.4. The highest BCUT2D eigenvalue weighted by Gasteiger charge is 2.39. The highest BCUT2D eigenvalue weighted by Crippen LogP contribution is 2.35. The first-order valence-corrected chi connectivity index (χ1v) is 10.6. The molecule has 2 aliphatic heterocycles. The van der Waals surface area contributed by atoms with Gasteiger partial charge in [-0.25, -0.2) is 9.18 Å². The number of nitrogens with zero attached hydrogens (tertiary/aromatic N) is 4. The molecule has 7 nitrogen and oxygen atoms in total. The second kappa shape index (κ2) is 10.5. The summed E-state index contributed by atoms with van der Waals surface area (Å²) in [5.74, 6) is -2.93. The van der Waals surface area contributed by atoms with Crippen molar-refractivity contribution in [3.05, 3.63) is 48.0 Å². The van der Waals surface area contributed by atoms with Crippen molar-refractivity contribution in [2.75, 3.05) is 44.3 Å². The number of benzene rings is 1. The summed E-state index contributed by atoms with van der Waals surface area (Å²) >= 11 is 0. The normalized spacial score (nSPS) is 21.9. The molecule has 1 unspecified atom stereocenters. The first-order valence-electron chi connectivity index (χ1n) is 10.6. The number of carbonyl (C=O) groups is 1. The van der Waals surface area contributed by atoms with E-state index in [1.807, 2.05) is 24.0 Å². The standard InChI is InChI=1S/C20H27FN4O.C2HF3O2/c1-23-12-17(11-22-23)13-24-7-3-6-20(14-24)15-25(8-9-26-16-20)19-5-2-4-18(21)10-19;3-2(4,5)1(6)7/h2,4-5,10-12H,3,6-9,13-16H2,1H3;(H,6,7). The third-order valence-corrected chi connectivity index (χ3v) is 5.76. The van der Waals surface area contributed by atoms with E-state index in [0.29, 0.717) is 6.61 Å². The van der Waals surface area contributed by atoms with Crippen LogP contribution < -0.4 is 4.90 Å². The van der Waals surface area contributed by atoms with E-state index in [1.165, 1.54) is 18.1 Å². The maximum atomic E-state index is 13.7. The Morgan fingerprint density at radius 1 is 1.27 bits per heavy atom. The van der Waals surface area contributed by atoms with Gasteiger partial charge < -0.3 is 14.7 Å². The summed E-state index contributed by atoms with van der Waals surface area (Å²) in [6.07, 6.45) is 1.27. The predicted octanol–water partition coefficient (Wildman–Crippen LogP) is 3.31. The molecule has 0 aliphatic carbocycles. The highest BCUT2D eigenvalue weighted by molar-refractivity contribution is 5.73. The molecular formula is C22H28F4N4O3. The summed E-state index contributed by atoms with van der Waals surface area (Å²) in [5.41, 5.74) is 2.31. The predicted molar refractivity (Wildman–Crippen MR) is 113 cm³/mol. The fraction of sp³-hybridized carbons (Fsp3) is 0.545. The van der Waals surface area contributed by atoms with Crippen LogP contribution in [-0.4, -0.2) is 71.3 Å². The highest BCUT2D eigenvalue weighted by atomic mass is 19.4. The van der Waals surface area contributed by atoms with Crippen LogP contribution in [0.15, 0.2) is 36.7 Å². The Kier molecular flexibility index (Phi) is 7.96. The molecule has 1 aromatic heterocycles. The minimum absolute atomic E-state index is 0.100. The van der Waals surface area contributed by atoms with E-state index in [2.05, 4.69) is 21.1 Å². The van der Waals surface area contributed by atoms with Crippen molar-refractivity contribution >= 4 is 11.7 Å². The molecule has 2 fully saturated rings. The van der Waals surface area contributed by atoms with Gasteiger partial charge in [-0.05, 0) is 37.6 Å². The van der Waals surface area contributed by atoms with Crippen molar-refractivity contribution in [1.82, 2.24) is 14.7 Å². The number of carboxylic acid groups (broad SMARTS) is 1. The summed E-state index contributed by atoms with van der Waals surface area (Å²) in [6, 6.07) is 6.93. The molecule has 0 bridgehead atoms. The van der Waals surface area contributed by atoms with E-state index in [1.54, 1.807) is 12.1 Å². The summed E-state index contributed by atoms with van der Waals surface area (Å²) < 4.78 is 53.3. The zero-order chi connectivity index (χ0) is 24.1. The fourth-order valence-corrected chi connectivity index (χ4v) is 4.39. The molecular weight excluding hydrogens is 444 g/mol. The molecule has 0 saturated carbocycles. The van der Waals surface area contributed by atoms with Crippen LogP contribution in [0.4, 0.5) is 23.2 Å². The van der Waals surface area contributed by atoms with Crippen molar-refractivity contribution in [3.63, 3.8) is 0 Å². The molecule has 2 aliphatic rings. The van der Waals surface area contributed by atoms with Crippen molar-refractivity contribution < 1.29 is 32.2 Å². The number of aliphatic carboxylic acids is 1. The van der Waals surface area contributed by atoms with Gasteiger partial charge in [-0.15, -0.1) is 0 Å². The van der Waals surface area contributed by atoms with Gasteiger partial charge in [-0.1, -0.05) is 6.07 Å². The second-order valence-electron chi connectivity index (χ2n) is 8.59. The van der Waals surface area contributed by atoms with E-state index in [0.717, 1.165) is 51.4 Å². The van der Waals surface area contributed by atoms with E-state index >= 15 is 0 Å². The second-order valence-corrected chi connectivity index (χ2v) is 8.59. The van der Waals surface area contributed by atoms with Crippen LogP contribution in [0.5, 0.6) is 0 Å². The molecule has 2 aromatic rings. The molecule has 1 atom stereocenters. The minimum atomic E-state index is -5.08. The lowest BCUT2D eigenvalue weighted by molar-refractivity contribution is -0.192. The van der Waals surface area contributed by atoms with Gasteiger partial charge in [0, 0.05) is 56.1 Å². The van der Waals surface area contributed by atoms with Gasteiger partial charge in [-0.2, -0.15) is 18.3 Å². The summed E-state index contributed by atoms with van der Waals surface area (Å²) in [6.45, 7) is 6.25. The van der Waals surface area contributed by atoms with Gasteiger partial charge in [0.05, 0.1) is 19.4 Å². The van der Waals surface area contributed by atoms with Crippen molar-refractivity contribution in [1.29, 1.82) is 0 Å². The average Bonchev–Trinajstić information content (AvgIpc) is 3.03. The fourth-order valence-electron chi connectivity index (χ4n) is 4.39. The maximum Gasteiger partial charge on any atom is 0.490 e. The number of aromatic nitrogens is 2. The monoisotopic (exact) mass is 472 g/mol. The molecule has 11 heteroatoms.